The van der Waals surface area contributed by atoms with Crippen molar-refractivity contribution in [2.75, 3.05) is 0 Å². The van der Waals surface area contributed by atoms with E-state index in [0.29, 0.717) is 17.5 Å². The molecule has 0 bridgehead atoms. The Bertz CT molecular complexity index is 3870. The van der Waals surface area contributed by atoms with Crippen LogP contribution in [-0.4, -0.2) is 15.0 Å². The highest BCUT2D eigenvalue weighted by Gasteiger charge is 2.20. The molecule has 0 spiro atoms. The zero-order chi connectivity index (χ0) is 44.3. The molecule has 1 atom stereocenters. The molecule has 2 aromatic heterocycles. The summed E-state index contributed by atoms with van der Waals surface area (Å²) in [6.45, 7) is 0. The molecule has 67 heavy (non-hydrogen) atoms. The van der Waals surface area contributed by atoms with Gasteiger partial charge in [-0.25, -0.2) is 15.0 Å². The Labute approximate surface area is 387 Å². The highest BCUT2D eigenvalue weighted by Crippen LogP contribution is 2.41. The van der Waals surface area contributed by atoms with Crippen LogP contribution in [0.3, 0.4) is 0 Å². The van der Waals surface area contributed by atoms with E-state index in [2.05, 4.69) is 164 Å². The quantitative estimate of drug-likeness (QED) is 0.150. The maximum atomic E-state index is 6.60. The predicted molar refractivity (Wildman–Crippen MR) is 278 cm³/mol. The minimum absolute atomic E-state index is 0.251. The summed E-state index contributed by atoms with van der Waals surface area (Å²) in [7, 11) is 0. The van der Waals surface area contributed by atoms with Crippen molar-refractivity contribution in [3.05, 3.63) is 242 Å². The van der Waals surface area contributed by atoms with Gasteiger partial charge < -0.3 is 4.42 Å². The molecule has 0 saturated carbocycles. The number of aromatic nitrogens is 3. The number of furan rings is 1. The van der Waals surface area contributed by atoms with Crippen LogP contribution in [0.2, 0.25) is 0 Å². The van der Waals surface area contributed by atoms with E-state index >= 15 is 0 Å². The SMILES string of the molecule is C1=CC(c2cccc(-c3ccc4c5ccccc5c5ccccc5c4c3)c2)CC(c2ccc3oc4cc(-c5ccccc5-c5nc(-c6ccccc6)nc(-c6ccccc6)n5)ccc4c3c2)=C1. The first-order valence-corrected chi connectivity index (χ1v) is 22.9. The molecule has 314 valence electrons. The Kier molecular flexibility index (Phi) is 9.28. The summed E-state index contributed by atoms with van der Waals surface area (Å²) in [6.07, 6.45) is 7.75. The molecule has 0 N–H and O–H groups in total. The van der Waals surface area contributed by atoms with Gasteiger partial charge in [-0.3, -0.25) is 0 Å². The number of hydrogen-bond donors (Lipinski definition) is 0. The number of nitrogens with zero attached hydrogens (tertiary/aromatic N) is 3. The molecule has 12 aromatic rings. The third kappa shape index (κ3) is 6.90. The Balaban J connectivity index is 0.808. The van der Waals surface area contributed by atoms with Crippen LogP contribution in [0.25, 0.3) is 116 Å². The van der Waals surface area contributed by atoms with E-state index in [4.69, 9.17) is 19.4 Å². The maximum Gasteiger partial charge on any atom is 0.164 e. The molecule has 1 aliphatic rings. The van der Waals surface area contributed by atoms with Crippen molar-refractivity contribution < 1.29 is 4.42 Å². The van der Waals surface area contributed by atoms with Crippen molar-refractivity contribution >= 4 is 59.8 Å². The van der Waals surface area contributed by atoms with Crippen molar-refractivity contribution in [3.63, 3.8) is 0 Å². The van der Waals surface area contributed by atoms with Gasteiger partial charge in [-0.05, 0) is 108 Å². The molecule has 0 radical (unpaired) electrons. The van der Waals surface area contributed by atoms with Gasteiger partial charge in [-0.15, -0.1) is 0 Å². The van der Waals surface area contributed by atoms with Gasteiger partial charge in [0.1, 0.15) is 11.2 Å². The van der Waals surface area contributed by atoms with Crippen molar-refractivity contribution in [1.29, 1.82) is 0 Å². The van der Waals surface area contributed by atoms with Crippen molar-refractivity contribution in [2.45, 2.75) is 12.3 Å². The average Bonchev–Trinajstić information content (AvgIpc) is 3.78. The minimum atomic E-state index is 0.251. The lowest BCUT2D eigenvalue weighted by Gasteiger charge is -2.20. The molecule has 0 aliphatic heterocycles. The Morgan fingerprint density at radius 2 is 0.881 bits per heavy atom. The molecule has 0 fully saturated rings. The van der Waals surface area contributed by atoms with E-state index in [1.807, 2.05) is 66.7 Å². The van der Waals surface area contributed by atoms with E-state index in [1.165, 1.54) is 60.1 Å². The summed E-state index contributed by atoms with van der Waals surface area (Å²) in [5, 5.41) is 9.95. The first kappa shape index (κ1) is 38.7. The van der Waals surface area contributed by atoms with Crippen molar-refractivity contribution in [1.82, 2.24) is 15.0 Å². The standard InChI is InChI=1S/C63H41N3O/c1-3-15-40(16-4-1)61-64-62(41-17-5-2-6-18-41)66-63(65-61)56-28-12-7-23-49(56)48-30-33-55-58-38-47(31-34-59(58)67-60(55)39-48)45-22-14-20-43(36-45)42-19-13-21-44(35-42)46-29-32-54-52-26-9-8-24-50(52)51-25-10-11-27-53(51)57(54)37-46/h1-35,37-39,43H,36H2. The highest BCUT2D eigenvalue weighted by molar-refractivity contribution is 6.25. The van der Waals surface area contributed by atoms with E-state index in [1.54, 1.807) is 0 Å². The van der Waals surface area contributed by atoms with Crippen LogP contribution in [0, 0.1) is 0 Å². The number of fused-ring (bicyclic) bond motifs is 9. The van der Waals surface area contributed by atoms with Gasteiger partial charge >= 0.3 is 0 Å². The second-order valence-corrected chi connectivity index (χ2v) is 17.5. The first-order chi connectivity index (χ1) is 33.2. The molecular formula is C63H41N3O. The normalized spacial score (nSPS) is 13.8. The van der Waals surface area contributed by atoms with Gasteiger partial charge in [0.15, 0.2) is 17.5 Å². The molecule has 2 heterocycles. The van der Waals surface area contributed by atoms with E-state index < -0.39 is 0 Å². The summed E-state index contributed by atoms with van der Waals surface area (Å²) in [6, 6.07) is 75.3. The summed E-state index contributed by atoms with van der Waals surface area (Å²) in [5.41, 5.74) is 12.9. The minimum Gasteiger partial charge on any atom is -0.456 e. The number of rotatable bonds is 7. The van der Waals surface area contributed by atoms with Gasteiger partial charge in [0.25, 0.3) is 0 Å². The summed E-state index contributed by atoms with van der Waals surface area (Å²) in [4.78, 5) is 15.0. The first-order valence-electron chi connectivity index (χ1n) is 22.9. The Morgan fingerprint density at radius 1 is 0.343 bits per heavy atom. The lowest BCUT2D eigenvalue weighted by molar-refractivity contribution is 0.669. The summed E-state index contributed by atoms with van der Waals surface area (Å²) >= 11 is 0. The van der Waals surface area contributed by atoms with Crippen molar-refractivity contribution in [2.24, 2.45) is 0 Å². The van der Waals surface area contributed by atoms with Crippen molar-refractivity contribution in [3.8, 4) is 56.4 Å². The second-order valence-electron chi connectivity index (χ2n) is 17.5. The summed E-state index contributed by atoms with van der Waals surface area (Å²) in [5.74, 6) is 2.14. The van der Waals surface area contributed by atoms with Crippen LogP contribution in [-0.2, 0) is 0 Å². The van der Waals surface area contributed by atoms with Crippen LogP contribution < -0.4 is 0 Å². The third-order valence-corrected chi connectivity index (χ3v) is 13.5. The van der Waals surface area contributed by atoms with Crippen LogP contribution in [0.4, 0.5) is 0 Å². The van der Waals surface area contributed by atoms with Crippen LogP contribution in [0.1, 0.15) is 23.5 Å². The predicted octanol–water partition coefficient (Wildman–Crippen LogP) is 16.7. The van der Waals surface area contributed by atoms with Gasteiger partial charge in [-0.2, -0.15) is 0 Å². The fourth-order valence-corrected chi connectivity index (χ4v) is 10.2. The van der Waals surface area contributed by atoms with Gasteiger partial charge in [-0.1, -0.05) is 200 Å². The monoisotopic (exact) mass is 855 g/mol. The lowest BCUT2D eigenvalue weighted by Crippen LogP contribution is -2.01. The molecule has 4 heteroatoms. The van der Waals surface area contributed by atoms with Gasteiger partial charge in [0.05, 0.1) is 0 Å². The lowest BCUT2D eigenvalue weighted by atomic mass is 9.84. The van der Waals surface area contributed by atoms with E-state index in [-0.39, 0.29) is 5.92 Å². The molecule has 1 unspecified atom stereocenters. The average molecular weight is 856 g/mol. The van der Waals surface area contributed by atoms with Gasteiger partial charge in [0, 0.05) is 33.4 Å². The Hall–Kier alpha value is -8.73. The zero-order valence-corrected chi connectivity index (χ0v) is 36.5. The highest BCUT2D eigenvalue weighted by atomic mass is 16.3. The molecule has 10 aromatic carbocycles. The fraction of sp³-hybridized carbons (Fsp3) is 0.0317. The second kappa shape index (κ2) is 16.1. The van der Waals surface area contributed by atoms with E-state index in [0.717, 1.165) is 56.2 Å². The molecular weight excluding hydrogens is 815 g/mol. The molecule has 0 amide bonds. The van der Waals surface area contributed by atoms with E-state index in [9.17, 15) is 0 Å². The third-order valence-electron chi connectivity index (χ3n) is 13.5. The Morgan fingerprint density at radius 3 is 1.60 bits per heavy atom. The van der Waals surface area contributed by atoms with Crippen LogP contribution in [0.5, 0.6) is 0 Å². The van der Waals surface area contributed by atoms with Gasteiger partial charge in [0.2, 0.25) is 0 Å². The smallest absolute Gasteiger partial charge is 0.164 e. The largest absolute Gasteiger partial charge is 0.456 e. The molecule has 0 saturated heterocycles. The number of hydrogen-bond acceptors (Lipinski definition) is 4. The molecule has 4 nitrogen and oxygen atoms in total. The molecule has 1 aliphatic carbocycles. The number of allylic oxidation sites excluding steroid dienone is 4. The zero-order valence-electron chi connectivity index (χ0n) is 36.5. The maximum absolute atomic E-state index is 6.60. The fourth-order valence-electron chi connectivity index (χ4n) is 10.2. The number of benzene rings is 10. The topological polar surface area (TPSA) is 51.8 Å². The molecule has 13 rings (SSSR count). The summed E-state index contributed by atoms with van der Waals surface area (Å²) < 4.78 is 6.60. The van der Waals surface area contributed by atoms with Crippen LogP contribution in [0.15, 0.2) is 235 Å². The van der Waals surface area contributed by atoms with Crippen LogP contribution >= 0.6 is 0 Å².